The molecule has 0 aliphatic heterocycles. The summed E-state index contributed by atoms with van der Waals surface area (Å²) in [6.45, 7) is -0.483. The van der Waals surface area contributed by atoms with Crippen molar-refractivity contribution >= 4 is 9.84 Å². The molecule has 6 heteroatoms. The van der Waals surface area contributed by atoms with Crippen molar-refractivity contribution < 1.29 is 22.7 Å². The first-order valence-corrected chi connectivity index (χ1v) is 7.67. The van der Waals surface area contributed by atoms with Gasteiger partial charge in [-0.05, 0) is 36.4 Å². The number of hydrogen-bond acceptors (Lipinski definition) is 4. The highest BCUT2D eigenvalue weighted by atomic mass is 32.2. The minimum Gasteiger partial charge on any atom is -0.457 e. The second-order valence-electron chi connectivity index (χ2n) is 4.22. The van der Waals surface area contributed by atoms with Gasteiger partial charge in [-0.15, -0.1) is 0 Å². The summed E-state index contributed by atoms with van der Waals surface area (Å²) in [5.41, 5.74) is 0.0553. The molecule has 0 aromatic heterocycles. The van der Waals surface area contributed by atoms with Crippen molar-refractivity contribution in [3.05, 3.63) is 53.8 Å². The van der Waals surface area contributed by atoms with Crippen LogP contribution in [0.15, 0.2) is 47.4 Å². The molecule has 0 spiro atoms. The van der Waals surface area contributed by atoms with E-state index >= 15 is 0 Å². The summed E-state index contributed by atoms with van der Waals surface area (Å²) in [5.74, 6) is -0.00457. The van der Waals surface area contributed by atoms with Crippen molar-refractivity contribution in [1.29, 1.82) is 0 Å². The van der Waals surface area contributed by atoms with E-state index in [1.807, 2.05) is 0 Å². The predicted octanol–water partition coefficient (Wildman–Crippen LogP) is 2.51. The van der Waals surface area contributed by atoms with Crippen LogP contribution in [0.25, 0.3) is 0 Å². The van der Waals surface area contributed by atoms with Crippen molar-refractivity contribution in [2.75, 3.05) is 6.26 Å². The lowest BCUT2D eigenvalue weighted by Crippen LogP contribution is -1.97. The Morgan fingerprint density at radius 3 is 2.35 bits per heavy atom. The number of hydrogen-bond donors (Lipinski definition) is 1. The average Bonchev–Trinajstić information content (AvgIpc) is 2.38. The topological polar surface area (TPSA) is 63.6 Å². The Balaban J connectivity index is 2.29. The van der Waals surface area contributed by atoms with Gasteiger partial charge in [-0.1, -0.05) is 6.07 Å². The lowest BCUT2D eigenvalue weighted by atomic mass is 10.2. The van der Waals surface area contributed by atoms with Crippen molar-refractivity contribution in [2.24, 2.45) is 0 Å². The summed E-state index contributed by atoms with van der Waals surface area (Å²) in [7, 11) is -3.27. The van der Waals surface area contributed by atoms with E-state index in [0.717, 1.165) is 6.26 Å². The SMILES string of the molecule is CS(=O)(=O)c1ccc(Oc2cccc(F)c2CO)cc1. The Labute approximate surface area is 116 Å². The molecule has 2 aromatic rings. The Morgan fingerprint density at radius 2 is 1.80 bits per heavy atom. The third-order valence-corrected chi connectivity index (χ3v) is 3.84. The summed E-state index contributed by atoms with van der Waals surface area (Å²) < 4.78 is 41.6. The molecular formula is C14H13FO4S. The standard InChI is InChI=1S/C14H13FO4S/c1-20(17,18)11-7-5-10(6-8-11)19-14-4-2-3-13(15)12(14)9-16/h2-8,16H,9H2,1H3. The van der Waals surface area contributed by atoms with Gasteiger partial charge >= 0.3 is 0 Å². The van der Waals surface area contributed by atoms with Gasteiger partial charge in [0.05, 0.1) is 17.1 Å². The van der Waals surface area contributed by atoms with Gasteiger partial charge < -0.3 is 9.84 Å². The second kappa shape index (κ2) is 5.60. The zero-order chi connectivity index (χ0) is 14.8. The Hall–Kier alpha value is -1.92. The summed E-state index contributed by atoms with van der Waals surface area (Å²) >= 11 is 0. The van der Waals surface area contributed by atoms with Crippen LogP contribution in [0.2, 0.25) is 0 Å². The van der Waals surface area contributed by atoms with E-state index in [1.54, 1.807) is 0 Å². The molecule has 20 heavy (non-hydrogen) atoms. The average molecular weight is 296 g/mol. The number of aliphatic hydroxyl groups excluding tert-OH is 1. The summed E-state index contributed by atoms with van der Waals surface area (Å²) in [5, 5.41) is 9.13. The number of halogens is 1. The number of benzene rings is 2. The van der Waals surface area contributed by atoms with Crippen LogP contribution in [-0.2, 0) is 16.4 Å². The lowest BCUT2D eigenvalue weighted by Gasteiger charge is -2.10. The van der Waals surface area contributed by atoms with Crippen LogP contribution in [0, 0.1) is 5.82 Å². The quantitative estimate of drug-likeness (QED) is 0.941. The third-order valence-electron chi connectivity index (χ3n) is 2.71. The molecular weight excluding hydrogens is 283 g/mol. The maximum absolute atomic E-state index is 13.5. The van der Waals surface area contributed by atoms with Crippen LogP contribution < -0.4 is 4.74 Å². The first-order valence-electron chi connectivity index (χ1n) is 5.78. The molecule has 0 radical (unpaired) electrons. The molecule has 0 aliphatic carbocycles. The fourth-order valence-corrected chi connectivity index (χ4v) is 2.30. The molecule has 4 nitrogen and oxygen atoms in total. The molecule has 106 valence electrons. The number of ether oxygens (including phenoxy) is 1. The molecule has 1 N–H and O–H groups in total. The molecule has 0 bridgehead atoms. The van der Waals surface area contributed by atoms with Gasteiger partial charge in [-0.3, -0.25) is 0 Å². The minimum atomic E-state index is -3.27. The van der Waals surface area contributed by atoms with Gasteiger partial charge in [0, 0.05) is 6.26 Å². The lowest BCUT2D eigenvalue weighted by molar-refractivity contribution is 0.270. The van der Waals surface area contributed by atoms with Crippen LogP contribution in [0.5, 0.6) is 11.5 Å². The maximum Gasteiger partial charge on any atom is 0.175 e. The van der Waals surface area contributed by atoms with E-state index in [2.05, 4.69) is 0 Å². The Morgan fingerprint density at radius 1 is 1.15 bits per heavy atom. The van der Waals surface area contributed by atoms with E-state index in [-0.39, 0.29) is 16.2 Å². The summed E-state index contributed by atoms with van der Waals surface area (Å²) in [6, 6.07) is 9.98. The molecule has 0 atom stereocenters. The largest absolute Gasteiger partial charge is 0.457 e. The normalized spacial score (nSPS) is 11.3. The maximum atomic E-state index is 13.5. The van der Waals surface area contributed by atoms with E-state index in [1.165, 1.54) is 42.5 Å². The number of sulfone groups is 1. The van der Waals surface area contributed by atoms with E-state index < -0.39 is 22.3 Å². The molecule has 0 heterocycles. The van der Waals surface area contributed by atoms with Crippen LogP contribution >= 0.6 is 0 Å². The van der Waals surface area contributed by atoms with Crippen LogP contribution in [-0.4, -0.2) is 19.8 Å². The molecule has 0 saturated carbocycles. The molecule has 2 aromatic carbocycles. The van der Waals surface area contributed by atoms with Crippen molar-refractivity contribution in [3.63, 3.8) is 0 Å². The zero-order valence-electron chi connectivity index (χ0n) is 10.7. The van der Waals surface area contributed by atoms with E-state index in [9.17, 15) is 12.8 Å². The first-order chi connectivity index (χ1) is 9.41. The first kappa shape index (κ1) is 14.5. The fraction of sp³-hybridized carbons (Fsp3) is 0.143. The minimum absolute atomic E-state index is 0.0553. The zero-order valence-corrected chi connectivity index (χ0v) is 11.5. The van der Waals surface area contributed by atoms with E-state index in [4.69, 9.17) is 9.84 Å². The van der Waals surface area contributed by atoms with Gasteiger partial charge in [-0.25, -0.2) is 12.8 Å². The van der Waals surface area contributed by atoms with Gasteiger partial charge in [0.25, 0.3) is 0 Å². The highest BCUT2D eigenvalue weighted by Crippen LogP contribution is 2.27. The van der Waals surface area contributed by atoms with E-state index in [0.29, 0.717) is 5.75 Å². The van der Waals surface area contributed by atoms with Gasteiger partial charge in [0.15, 0.2) is 9.84 Å². The predicted molar refractivity (Wildman–Crippen MR) is 71.9 cm³/mol. The van der Waals surface area contributed by atoms with Crippen molar-refractivity contribution in [2.45, 2.75) is 11.5 Å². The number of rotatable bonds is 4. The smallest absolute Gasteiger partial charge is 0.175 e. The fourth-order valence-electron chi connectivity index (χ4n) is 1.67. The molecule has 0 fully saturated rings. The highest BCUT2D eigenvalue weighted by Gasteiger charge is 2.10. The monoisotopic (exact) mass is 296 g/mol. The van der Waals surface area contributed by atoms with Crippen LogP contribution in [0.3, 0.4) is 0 Å². The highest BCUT2D eigenvalue weighted by molar-refractivity contribution is 7.90. The van der Waals surface area contributed by atoms with Crippen LogP contribution in [0.4, 0.5) is 4.39 Å². The van der Waals surface area contributed by atoms with Gasteiger partial charge in [-0.2, -0.15) is 0 Å². The molecule has 0 unspecified atom stereocenters. The molecule has 0 amide bonds. The third kappa shape index (κ3) is 3.15. The van der Waals surface area contributed by atoms with Crippen molar-refractivity contribution in [1.82, 2.24) is 0 Å². The van der Waals surface area contributed by atoms with Gasteiger partial charge in [0.1, 0.15) is 17.3 Å². The van der Waals surface area contributed by atoms with Crippen molar-refractivity contribution in [3.8, 4) is 11.5 Å². The molecule has 0 saturated heterocycles. The Bertz CT molecular complexity index is 708. The number of aliphatic hydroxyl groups is 1. The van der Waals surface area contributed by atoms with Gasteiger partial charge in [0.2, 0.25) is 0 Å². The molecule has 0 aliphatic rings. The molecule has 2 rings (SSSR count). The Kier molecular flexibility index (Phi) is 4.06. The summed E-state index contributed by atoms with van der Waals surface area (Å²) in [6.07, 6.45) is 1.11. The second-order valence-corrected chi connectivity index (χ2v) is 6.24. The van der Waals surface area contributed by atoms with Crippen LogP contribution in [0.1, 0.15) is 5.56 Å². The summed E-state index contributed by atoms with van der Waals surface area (Å²) in [4.78, 5) is 0.173.